The van der Waals surface area contributed by atoms with Crippen molar-refractivity contribution < 1.29 is 9.84 Å². The van der Waals surface area contributed by atoms with Crippen LogP contribution in [0.3, 0.4) is 0 Å². The number of thiophene rings is 1. The molecule has 1 unspecified atom stereocenters. The van der Waals surface area contributed by atoms with Crippen molar-refractivity contribution in [3.05, 3.63) is 21.9 Å². The maximum atomic E-state index is 8.77. The number of hydrogen-bond donors (Lipinski definition) is 1. The summed E-state index contributed by atoms with van der Waals surface area (Å²) in [5, 5.41) is 17.3. The fourth-order valence-corrected chi connectivity index (χ4v) is 1.82. The lowest BCUT2D eigenvalue weighted by Gasteiger charge is -2.06. The third kappa shape index (κ3) is 2.81. The molecule has 0 amide bonds. The average molecular weight is 197 g/mol. The maximum absolute atomic E-state index is 8.77. The van der Waals surface area contributed by atoms with Crippen molar-refractivity contribution in [1.29, 1.82) is 5.26 Å². The number of nitriles is 1. The summed E-state index contributed by atoms with van der Waals surface area (Å²) in [6.45, 7) is 2.13. The summed E-state index contributed by atoms with van der Waals surface area (Å²) in [4.78, 5) is 2.05. The zero-order valence-electron chi connectivity index (χ0n) is 7.36. The lowest BCUT2D eigenvalue weighted by molar-refractivity contribution is 0.0599. The summed E-state index contributed by atoms with van der Waals surface area (Å²) in [5.41, 5.74) is 0. The van der Waals surface area contributed by atoms with E-state index in [0.29, 0.717) is 0 Å². The highest BCUT2D eigenvalue weighted by atomic mass is 32.1. The molecule has 1 heterocycles. The first-order valence-electron chi connectivity index (χ1n) is 3.96. The van der Waals surface area contributed by atoms with Gasteiger partial charge in [0.2, 0.25) is 0 Å². The lowest BCUT2D eigenvalue weighted by Crippen LogP contribution is -2.04. The molecule has 1 aromatic rings. The van der Waals surface area contributed by atoms with Crippen LogP contribution in [0.1, 0.15) is 15.9 Å². The molecule has 4 heteroatoms. The summed E-state index contributed by atoms with van der Waals surface area (Å²) < 4.78 is 5.14. The van der Waals surface area contributed by atoms with Crippen LogP contribution in [0, 0.1) is 18.3 Å². The monoisotopic (exact) mass is 197 g/mol. The largest absolute Gasteiger partial charge is 0.394 e. The highest BCUT2D eigenvalue weighted by Gasteiger charge is 2.11. The topological polar surface area (TPSA) is 53.2 Å². The van der Waals surface area contributed by atoms with Gasteiger partial charge < -0.3 is 9.84 Å². The van der Waals surface area contributed by atoms with Gasteiger partial charge in [-0.15, -0.1) is 11.3 Å². The molecule has 0 aliphatic carbocycles. The minimum Gasteiger partial charge on any atom is -0.394 e. The number of rotatable bonds is 4. The first-order valence-corrected chi connectivity index (χ1v) is 4.78. The Morgan fingerprint density at radius 3 is 2.92 bits per heavy atom. The van der Waals surface area contributed by atoms with Gasteiger partial charge in [-0.1, -0.05) is 0 Å². The van der Waals surface area contributed by atoms with Gasteiger partial charge in [-0.25, -0.2) is 0 Å². The minimum atomic E-state index is -0.536. The zero-order chi connectivity index (χ0) is 9.68. The SMILES string of the molecule is Cc1ccc(C(C#N)OCCO)s1. The predicted octanol–water partition coefficient (Wildman–Crippen LogP) is 1.63. The molecule has 0 saturated heterocycles. The van der Waals surface area contributed by atoms with Crippen LogP contribution in [0.4, 0.5) is 0 Å². The van der Waals surface area contributed by atoms with Gasteiger partial charge in [0.15, 0.2) is 6.10 Å². The Morgan fingerprint density at radius 1 is 1.69 bits per heavy atom. The van der Waals surface area contributed by atoms with Crippen molar-refractivity contribution >= 4 is 11.3 Å². The van der Waals surface area contributed by atoms with Gasteiger partial charge in [0, 0.05) is 9.75 Å². The molecule has 70 valence electrons. The molecule has 0 radical (unpaired) electrons. The Bertz CT molecular complexity index is 303. The van der Waals surface area contributed by atoms with E-state index in [9.17, 15) is 0 Å². The van der Waals surface area contributed by atoms with E-state index >= 15 is 0 Å². The van der Waals surface area contributed by atoms with Gasteiger partial charge in [-0.2, -0.15) is 5.26 Å². The molecule has 13 heavy (non-hydrogen) atoms. The third-order valence-electron chi connectivity index (χ3n) is 1.51. The summed E-state index contributed by atoms with van der Waals surface area (Å²) in [6, 6.07) is 5.87. The van der Waals surface area contributed by atoms with Crippen LogP contribution in [0.2, 0.25) is 0 Å². The van der Waals surface area contributed by atoms with Gasteiger partial charge in [0.25, 0.3) is 0 Å². The molecule has 0 saturated carbocycles. The van der Waals surface area contributed by atoms with E-state index in [4.69, 9.17) is 15.1 Å². The molecule has 0 bridgehead atoms. The van der Waals surface area contributed by atoms with Crippen LogP contribution >= 0.6 is 11.3 Å². The second-order valence-electron chi connectivity index (χ2n) is 2.55. The summed E-state index contributed by atoms with van der Waals surface area (Å²) in [7, 11) is 0. The molecule has 0 aromatic carbocycles. The molecular formula is C9H11NO2S. The van der Waals surface area contributed by atoms with E-state index in [2.05, 4.69) is 0 Å². The van der Waals surface area contributed by atoms with Crippen molar-refractivity contribution in [3.8, 4) is 6.07 Å². The normalized spacial score (nSPS) is 12.4. The van der Waals surface area contributed by atoms with Crippen molar-refractivity contribution in [2.45, 2.75) is 13.0 Å². The third-order valence-corrected chi connectivity index (χ3v) is 2.56. The van der Waals surface area contributed by atoms with Gasteiger partial charge in [-0.3, -0.25) is 0 Å². The molecule has 3 nitrogen and oxygen atoms in total. The molecule has 1 atom stereocenters. The van der Waals surface area contributed by atoms with Gasteiger partial charge in [-0.05, 0) is 19.1 Å². The van der Waals surface area contributed by atoms with Crippen LogP contribution in [0.25, 0.3) is 0 Å². The van der Waals surface area contributed by atoms with Crippen molar-refractivity contribution in [3.63, 3.8) is 0 Å². The molecule has 0 fully saturated rings. The molecule has 1 rings (SSSR count). The van der Waals surface area contributed by atoms with Crippen molar-refractivity contribution in [1.82, 2.24) is 0 Å². The number of nitrogens with zero attached hydrogens (tertiary/aromatic N) is 1. The highest BCUT2D eigenvalue weighted by Crippen LogP contribution is 2.24. The molecule has 0 aliphatic heterocycles. The quantitative estimate of drug-likeness (QED) is 0.798. The Kier molecular flexibility index (Phi) is 3.90. The summed E-state index contributed by atoms with van der Waals surface area (Å²) in [6.07, 6.45) is -0.536. The van der Waals surface area contributed by atoms with Crippen LogP contribution in [0.15, 0.2) is 12.1 Å². The Balaban J connectivity index is 2.63. The molecular weight excluding hydrogens is 186 g/mol. The van der Waals surface area contributed by atoms with Crippen LogP contribution < -0.4 is 0 Å². The van der Waals surface area contributed by atoms with E-state index < -0.39 is 6.10 Å². The molecule has 1 N–H and O–H groups in total. The van der Waals surface area contributed by atoms with Crippen LogP contribution in [-0.2, 0) is 4.74 Å². The standard InChI is InChI=1S/C9H11NO2S/c1-7-2-3-9(13-7)8(6-10)12-5-4-11/h2-3,8,11H,4-5H2,1H3. The number of aliphatic hydroxyl groups excluding tert-OH is 1. The first kappa shape index (κ1) is 10.2. The van der Waals surface area contributed by atoms with E-state index in [1.165, 1.54) is 0 Å². The number of hydrogen-bond acceptors (Lipinski definition) is 4. The highest BCUT2D eigenvalue weighted by molar-refractivity contribution is 7.12. The minimum absolute atomic E-state index is 0.0530. The van der Waals surface area contributed by atoms with Crippen LogP contribution in [-0.4, -0.2) is 18.3 Å². The Labute approximate surface area is 81.2 Å². The van der Waals surface area contributed by atoms with Gasteiger partial charge >= 0.3 is 0 Å². The summed E-state index contributed by atoms with van der Waals surface area (Å²) in [5.74, 6) is 0. The molecule has 0 spiro atoms. The number of aryl methyl sites for hydroxylation is 1. The number of aliphatic hydroxyl groups is 1. The molecule has 1 aromatic heterocycles. The molecule has 0 aliphatic rings. The van der Waals surface area contributed by atoms with E-state index in [1.807, 2.05) is 25.1 Å². The number of ether oxygens (including phenoxy) is 1. The fraction of sp³-hybridized carbons (Fsp3) is 0.444. The summed E-state index contributed by atoms with van der Waals surface area (Å²) >= 11 is 1.54. The average Bonchev–Trinajstić information content (AvgIpc) is 2.54. The van der Waals surface area contributed by atoms with Crippen molar-refractivity contribution in [2.75, 3.05) is 13.2 Å². The lowest BCUT2D eigenvalue weighted by atomic mass is 10.3. The zero-order valence-corrected chi connectivity index (χ0v) is 8.17. The maximum Gasteiger partial charge on any atom is 0.178 e. The van der Waals surface area contributed by atoms with E-state index in [1.54, 1.807) is 11.3 Å². The second kappa shape index (κ2) is 4.97. The smallest absolute Gasteiger partial charge is 0.178 e. The van der Waals surface area contributed by atoms with Gasteiger partial charge in [0.05, 0.1) is 13.2 Å². The van der Waals surface area contributed by atoms with Crippen LogP contribution in [0.5, 0.6) is 0 Å². The van der Waals surface area contributed by atoms with Crippen molar-refractivity contribution in [2.24, 2.45) is 0 Å². The fourth-order valence-electron chi connectivity index (χ4n) is 0.948. The Hall–Kier alpha value is -0.890. The van der Waals surface area contributed by atoms with E-state index in [0.717, 1.165) is 9.75 Å². The van der Waals surface area contributed by atoms with Gasteiger partial charge in [0.1, 0.15) is 6.07 Å². The van der Waals surface area contributed by atoms with E-state index in [-0.39, 0.29) is 13.2 Å². The predicted molar refractivity (Wildman–Crippen MR) is 50.4 cm³/mol. The second-order valence-corrected chi connectivity index (χ2v) is 3.87. The Morgan fingerprint density at radius 2 is 2.46 bits per heavy atom. The first-order chi connectivity index (χ1) is 6.27.